The summed E-state index contributed by atoms with van der Waals surface area (Å²) in [5, 5.41) is 0. The largest absolute Gasteiger partial charge is 0.370 e. The monoisotopic (exact) mass is 278 g/mol. The van der Waals surface area contributed by atoms with Crippen molar-refractivity contribution < 1.29 is 14.3 Å². The fraction of sp³-hybridized carbons (Fsp3) is 0.778. The van der Waals surface area contributed by atoms with Crippen LogP contribution in [-0.2, 0) is 14.3 Å². The van der Waals surface area contributed by atoms with E-state index in [-0.39, 0.29) is 17.3 Å². The number of primary amides is 1. The minimum Gasteiger partial charge on any atom is -0.370 e. The molecule has 0 aromatic carbocycles. The van der Waals surface area contributed by atoms with Crippen LogP contribution < -0.4 is 5.73 Å². The van der Waals surface area contributed by atoms with Crippen LogP contribution in [-0.4, -0.2) is 47.8 Å². The molecule has 1 saturated heterocycles. The Labute approximate surface area is 97.1 Å². The molecule has 1 aliphatic rings. The smallest absolute Gasteiger partial charge is 0.243 e. The zero-order valence-electron chi connectivity index (χ0n) is 8.45. The second-order valence-electron chi connectivity index (χ2n) is 3.45. The average molecular weight is 279 g/mol. The number of hydrogen-bond acceptors (Lipinski definition) is 3. The van der Waals surface area contributed by atoms with Crippen LogP contribution in [0.15, 0.2) is 0 Å². The topological polar surface area (TPSA) is 72.6 Å². The number of likely N-dealkylation sites (tertiary alicyclic amines) is 1. The molecule has 0 spiro atoms. The number of rotatable bonds is 5. The molecule has 1 rings (SSSR count). The molecular weight excluding hydrogens is 264 g/mol. The molecule has 1 atom stereocenters. The molecular formula is C9H15BrN2O3. The number of hydrogen-bond donors (Lipinski definition) is 1. The molecule has 1 unspecified atom stereocenters. The number of halogens is 1. The summed E-state index contributed by atoms with van der Waals surface area (Å²) in [4.78, 5) is 23.6. The van der Waals surface area contributed by atoms with Gasteiger partial charge in [0.05, 0.1) is 11.4 Å². The summed E-state index contributed by atoms with van der Waals surface area (Å²) in [7, 11) is 0. The minimum atomic E-state index is -0.488. The summed E-state index contributed by atoms with van der Waals surface area (Å²) in [5.41, 5.74) is 4.91. The van der Waals surface area contributed by atoms with Crippen LogP contribution >= 0.6 is 15.9 Å². The fourth-order valence-electron chi connectivity index (χ4n) is 1.46. The Morgan fingerprint density at radius 3 is 3.07 bits per heavy atom. The summed E-state index contributed by atoms with van der Waals surface area (Å²) in [6.07, 6.45) is 1.88. The second kappa shape index (κ2) is 6.07. The lowest BCUT2D eigenvalue weighted by atomic mass is 10.1. The van der Waals surface area contributed by atoms with Crippen LogP contribution in [0.25, 0.3) is 0 Å². The van der Waals surface area contributed by atoms with Crippen molar-refractivity contribution in [1.29, 1.82) is 0 Å². The lowest BCUT2D eigenvalue weighted by molar-refractivity contribution is -0.133. The van der Waals surface area contributed by atoms with Crippen molar-refractivity contribution in [2.75, 3.05) is 26.3 Å². The van der Waals surface area contributed by atoms with E-state index in [4.69, 9.17) is 10.5 Å². The lowest BCUT2D eigenvalue weighted by Gasteiger charge is -2.29. The zero-order valence-corrected chi connectivity index (χ0v) is 10.0. The molecule has 6 heteroatoms. The van der Waals surface area contributed by atoms with Crippen LogP contribution in [0, 0.1) is 0 Å². The third-order valence-corrected chi connectivity index (χ3v) is 3.06. The summed E-state index contributed by atoms with van der Waals surface area (Å²) >= 11 is 3.32. The van der Waals surface area contributed by atoms with Crippen molar-refractivity contribution in [3.8, 4) is 0 Å². The second-order valence-corrected chi connectivity index (χ2v) is 4.56. The molecule has 0 aliphatic carbocycles. The SMILES string of the molecule is NC(=O)COCCN1CCCC(Br)C1=O. The molecule has 15 heavy (non-hydrogen) atoms. The highest BCUT2D eigenvalue weighted by Crippen LogP contribution is 2.17. The first kappa shape index (κ1) is 12.4. The van der Waals surface area contributed by atoms with Gasteiger partial charge in [0.1, 0.15) is 6.61 Å². The first-order valence-electron chi connectivity index (χ1n) is 4.90. The molecule has 1 heterocycles. The molecule has 0 radical (unpaired) electrons. The highest BCUT2D eigenvalue weighted by molar-refractivity contribution is 9.10. The number of alkyl halides is 1. The van der Waals surface area contributed by atoms with Crippen LogP contribution in [0.1, 0.15) is 12.8 Å². The summed E-state index contributed by atoms with van der Waals surface area (Å²) < 4.78 is 5.00. The Morgan fingerprint density at radius 1 is 1.67 bits per heavy atom. The highest BCUT2D eigenvalue weighted by Gasteiger charge is 2.25. The number of amides is 2. The van der Waals surface area contributed by atoms with Gasteiger partial charge in [0.2, 0.25) is 11.8 Å². The van der Waals surface area contributed by atoms with E-state index in [0.29, 0.717) is 13.2 Å². The Kier molecular flexibility index (Phi) is 5.04. The zero-order chi connectivity index (χ0) is 11.3. The third-order valence-electron chi connectivity index (χ3n) is 2.22. The predicted octanol–water partition coefficient (Wildman–Crippen LogP) is -0.126. The molecule has 2 N–H and O–H groups in total. The number of nitrogens with two attached hydrogens (primary N) is 1. The Balaban J connectivity index is 2.20. The van der Waals surface area contributed by atoms with Gasteiger partial charge in [-0.3, -0.25) is 9.59 Å². The molecule has 0 bridgehead atoms. The van der Waals surface area contributed by atoms with Gasteiger partial charge >= 0.3 is 0 Å². The van der Waals surface area contributed by atoms with Crippen molar-refractivity contribution in [3.63, 3.8) is 0 Å². The summed E-state index contributed by atoms with van der Waals surface area (Å²) in [6, 6.07) is 0. The number of nitrogens with zero attached hydrogens (tertiary/aromatic N) is 1. The van der Waals surface area contributed by atoms with Gasteiger partial charge < -0.3 is 15.4 Å². The summed E-state index contributed by atoms with van der Waals surface area (Å²) in [6.45, 7) is 1.56. The molecule has 5 nitrogen and oxygen atoms in total. The maximum Gasteiger partial charge on any atom is 0.243 e. The normalized spacial score (nSPS) is 21.8. The van der Waals surface area contributed by atoms with E-state index >= 15 is 0 Å². The Morgan fingerprint density at radius 2 is 2.40 bits per heavy atom. The van der Waals surface area contributed by atoms with E-state index < -0.39 is 5.91 Å². The molecule has 1 aliphatic heterocycles. The van der Waals surface area contributed by atoms with Crippen molar-refractivity contribution in [2.45, 2.75) is 17.7 Å². The Bertz CT molecular complexity index is 248. The first-order chi connectivity index (χ1) is 7.11. The maximum absolute atomic E-state index is 11.6. The molecule has 2 amide bonds. The van der Waals surface area contributed by atoms with Crippen molar-refractivity contribution in [2.24, 2.45) is 5.73 Å². The van der Waals surface area contributed by atoms with E-state index in [1.165, 1.54) is 0 Å². The van der Waals surface area contributed by atoms with Gasteiger partial charge in [0, 0.05) is 13.1 Å². The van der Waals surface area contributed by atoms with Crippen LogP contribution in [0.3, 0.4) is 0 Å². The van der Waals surface area contributed by atoms with Crippen LogP contribution in [0.2, 0.25) is 0 Å². The molecule has 0 aromatic heterocycles. The minimum absolute atomic E-state index is 0.0672. The maximum atomic E-state index is 11.6. The highest BCUT2D eigenvalue weighted by atomic mass is 79.9. The Hall–Kier alpha value is -0.620. The molecule has 86 valence electrons. The van der Waals surface area contributed by atoms with Crippen LogP contribution in [0.4, 0.5) is 0 Å². The molecule has 1 fully saturated rings. The molecule has 0 saturated carbocycles. The van der Waals surface area contributed by atoms with E-state index in [9.17, 15) is 9.59 Å². The van der Waals surface area contributed by atoms with Gasteiger partial charge in [0.25, 0.3) is 0 Å². The van der Waals surface area contributed by atoms with Gasteiger partial charge in [-0.2, -0.15) is 0 Å². The van der Waals surface area contributed by atoms with Crippen LogP contribution in [0.5, 0.6) is 0 Å². The first-order valence-corrected chi connectivity index (χ1v) is 5.81. The third kappa shape index (κ3) is 4.17. The van der Waals surface area contributed by atoms with Gasteiger partial charge in [-0.05, 0) is 12.8 Å². The summed E-state index contributed by atoms with van der Waals surface area (Å²) in [5.74, 6) is -0.387. The van der Waals surface area contributed by atoms with Crippen molar-refractivity contribution >= 4 is 27.7 Å². The van der Waals surface area contributed by atoms with Crippen molar-refractivity contribution in [1.82, 2.24) is 4.90 Å². The van der Waals surface area contributed by atoms with Gasteiger partial charge in [0.15, 0.2) is 0 Å². The molecule has 0 aromatic rings. The van der Waals surface area contributed by atoms with Crippen molar-refractivity contribution in [3.05, 3.63) is 0 Å². The van der Waals surface area contributed by atoms with E-state index in [0.717, 1.165) is 19.4 Å². The fourth-order valence-corrected chi connectivity index (χ4v) is 2.08. The standard InChI is InChI=1S/C9H15BrN2O3/c10-7-2-1-3-12(9(7)14)4-5-15-6-8(11)13/h7H,1-6H2,(H2,11,13). The van der Waals surface area contributed by atoms with Gasteiger partial charge in [-0.15, -0.1) is 0 Å². The number of carbonyl (C=O) groups excluding carboxylic acids is 2. The number of ether oxygens (including phenoxy) is 1. The van der Waals surface area contributed by atoms with E-state index in [1.54, 1.807) is 4.90 Å². The van der Waals surface area contributed by atoms with Gasteiger partial charge in [-0.1, -0.05) is 15.9 Å². The number of piperidine rings is 1. The lowest BCUT2D eigenvalue weighted by Crippen LogP contribution is -2.43. The van der Waals surface area contributed by atoms with E-state index in [2.05, 4.69) is 15.9 Å². The average Bonchev–Trinajstić information content (AvgIpc) is 2.18. The van der Waals surface area contributed by atoms with E-state index in [1.807, 2.05) is 0 Å². The quantitative estimate of drug-likeness (QED) is 0.563. The number of carbonyl (C=O) groups is 2. The van der Waals surface area contributed by atoms with Gasteiger partial charge in [-0.25, -0.2) is 0 Å². The predicted molar refractivity (Wildman–Crippen MR) is 58.5 cm³/mol.